The molecule has 140 valence electrons. The number of nitrogens with two attached hydrogens (primary N) is 1. The highest BCUT2D eigenvalue weighted by molar-refractivity contribution is 6.07. The molecular formula is C20H23N5O2. The molecule has 1 amide bonds. The van der Waals surface area contributed by atoms with E-state index in [9.17, 15) is 9.90 Å². The summed E-state index contributed by atoms with van der Waals surface area (Å²) in [5, 5.41) is 20.5. The van der Waals surface area contributed by atoms with Gasteiger partial charge in [-0.2, -0.15) is 5.10 Å². The lowest BCUT2D eigenvalue weighted by molar-refractivity contribution is 0.0923. The Kier molecular flexibility index (Phi) is 4.53. The van der Waals surface area contributed by atoms with Crippen LogP contribution in [0.25, 0.3) is 22.3 Å². The molecule has 5 N–H and O–H groups in total. The van der Waals surface area contributed by atoms with Crippen molar-refractivity contribution in [1.29, 1.82) is 0 Å². The highest BCUT2D eigenvalue weighted by atomic mass is 16.3. The number of benzene rings is 1. The molecule has 0 radical (unpaired) electrons. The van der Waals surface area contributed by atoms with Crippen molar-refractivity contribution in [3.63, 3.8) is 0 Å². The summed E-state index contributed by atoms with van der Waals surface area (Å²) in [5.74, 6) is 0.0222. The number of aromatic amines is 1. The molecule has 0 saturated heterocycles. The Morgan fingerprint density at radius 3 is 2.74 bits per heavy atom. The lowest BCUT2D eigenvalue weighted by Gasteiger charge is -2.29. The zero-order valence-electron chi connectivity index (χ0n) is 15.2. The summed E-state index contributed by atoms with van der Waals surface area (Å²) in [7, 11) is 0. The van der Waals surface area contributed by atoms with Crippen molar-refractivity contribution >= 4 is 16.9 Å². The fourth-order valence-corrected chi connectivity index (χ4v) is 3.72. The zero-order chi connectivity index (χ0) is 19.0. The van der Waals surface area contributed by atoms with Gasteiger partial charge in [0.05, 0.1) is 16.6 Å². The number of fused-ring (bicyclic) bond motifs is 1. The molecule has 1 fully saturated rings. The SMILES string of the molecule is Cc1[nH]nc2nc(-c3ccc(O)cc3)cc(C(=O)N[C@@H]3CCCC[C@@H]3N)c12. The van der Waals surface area contributed by atoms with Gasteiger partial charge in [-0.05, 0) is 50.1 Å². The van der Waals surface area contributed by atoms with E-state index in [2.05, 4.69) is 20.5 Å². The number of phenols is 1. The molecule has 4 rings (SSSR count). The van der Waals surface area contributed by atoms with Crippen LogP contribution in [0.15, 0.2) is 30.3 Å². The molecular weight excluding hydrogens is 342 g/mol. The largest absolute Gasteiger partial charge is 0.508 e. The first-order valence-electron chi connectivity index (χ1n) is 9.24. The number of aryl methyl sites for hydroxylation is 1. The number of nitrogens with one attached hydrogen (secondary N) is 2. The molecule has 2 heterocycles. The standard InChI is InChI=1S/C20H23N5O2/c1-11-18-14(20(27)23-16-5-3-2-4-15(16)21)10-17(22-19(18)25-24-11)12-6-8-13(26)9-7-12/h6-10,15-16,26H,2-5,21H2,1H3,(H,23,27)(H,22,24,25)/t15-,16+/m0/s1. The molecule has 1 aliphatic rings. The number of hydrogen-bond donors (Lipinski definition) is 4. The minimum atomic E-state index is -0.158. The Labute approximate surface area is 157 Å². The van der Waals surface area contributed by atoms with Gasteiger partial charge >= 0.3 is 0 Å². The maximum atomic E-state index is 13.1. The van der Waals surface area contributed by atoms with E-state index in [1.54, 1.807) is 30.3 Å². The topological polar surface area (TPSA) is 117 Å². The number of aromatic hydroxyl groups is 1. The van der Waals surface area contributed by atoms with Crippen LogP contribution in [0.1, 0.15) is 41.7 Å². The molecule has 0 aliphatic heterocycles. The van der Waals surface area contributed by atoms with Gasteiger partial charge in [-0.25, -0.2) is 4.98 Å². The number of pyridine rings is 1. The molecule has 1 aliphatic carbocycles. The van der Waals surface area contributed by atoms with Crippen LogP contribution in [0, 0.1) is 6.92 Å². The van der Waals surface area contributed by atoms with Gasteiger partial charge in [-0.3, -0.25) is 9.89 Å². The third-order valence-corrected chi connectivity index (χ3v) is 5.25. The van der Waals surface area contributed by atoms with Crippen molar-refractivity contribution < 1.29 is 9.90 Å². The lowest BCUT2D eigenvalue weighted by Crippen LogP contribution is -2.49. The van der Waals surface area contributed by atoms with E-state index in [4.69, 9.17) is 5.73 Å². The highest BCUT2D eigenvalue weighted by Gasteiger charge is 2.25. The second kappa shape index (κ2) is 7.00. The van der Waals surface area contributed by atoms with Crippen LogP contribution in [0.2, 0.25) is 0 Å². The van der Waals surface area contributed by atoms with Gasteiger partial charge in [-0.15, -0.1) is 0 Å². The summed E-state index contributed by atoms with van der Waals surface area (Å²) in [6.07, 6.45) is 4.02. The van der Waals surface area contributed by atoms with Crippen LogP contribution < -0.4 is 11.1 Å². The number of H-pyrrole nitrogens is 1. The van der Waals surface area contributed by atoms with Crippen molar-refractivity contribution in [2.24, 2.45) is 5.73 Å². The molecule has 0 spiro atoms. The summed E-state index contributed by atoms with van der Waals surface area (Å²) in [6.45, 7) is 1.88. The van der Waals surface area contributed by atoms with Gasteiger partial charge in [0.15, 0.2) is 5.65 Å². The summed E-state index contributed by atoms with van der Waals surface area (Å²) in [4.78, 5) is 17.7. The number of amides is 1. The Bertz CT molecular complexity index is 980. The summed E-state index contributed by atoms with van der Waals surface area (Å²) < 4.78 is 0. The zero-order valence-corrected chi connectivity index (χ0v) is 15.2. The van der Waals surface area contributed by atoms with E-state index in [-0.39, 0.29) is 23.7 Å². The number of phenolic OH excluding ortho intramolecular Hbond substituents is 1. The maximum absolute atomic E-state index is 13.1. The average Bonchev–Trinajstić information content (AvgIpc) is 3.04. The van der Waals surface area contributed by atoms with Gasteiger partial charge < -0.3 is 16.2 Å². The molecule has 2 atom stereocenters. The lowest BCUT2D eigenvalue weighted by atomic mass is 9.90. The van der Waals surface area contributed by atoms with E-state index in [0.29, 0.717) is 16.9 Å². The first kappa shape index (κ1) is 17.5. The third-order valence-electron chi connectivity index (χ3n) is 5.25. The maximum Gasteiger partial charge on any atom is 0.252 e. The van der Waals surface area contributed by atoms with Gasteiger partial charge in [0, 0.05) is 23.3 Å². The predicted octanol–water partition coefficient (Wildman–Crippen LogP) is 2.64. The van der Waals surface area contributed by atoms with Crippen LogP contribution >= 0.6 is 0 Å². The van der Waals surface area contributed by atoms with Crippen molar-refractivity contribution in [2.45, 2.75) is 44.7 Å². The Balaban J connectivity index is 1.74. The predicted molar refractivity (Wildman–Crippen MR) is 103 cm³/mol. The van der Waals surface area contributed by atoms with E-state index in [0.717, 1.165) is 42.3 Å². The summed E-state index contributed by atoms with van der Waals surface area (Å²) >= 11 is 0. The number of rotatable bonds is 3. The second-order valence-electron chi connectivity index (χ2n) is 7.18. The first-order valence-corrected chi connectivity index (χ1v) is 9.24. The molecule has 2 aromatic heterocycles. The van der Waals surface area contributed by atoms with Crippen LogP contribution in [0.4, 0.5) is 0 Å². The fourth-order valence-electron chi connectivity index (χ4n) is 3.72. The molecule has 7 nitrogen and oxygen atoms in total. The average molecular weight is 365 g/mol. The van der Waals surface area contributed by atoms with Crippen LogP contribution in [0.5, 0.6) is 5.75 Å². The minimum absolute atomic E-state index is 0.0120. The van der Waals surface area contributed by atoms with Crippen LogP contribution in [-0.4, -0.2) is 38.3 Å². The number of aromatic nitrogens is 3. The first-order chi connectivity index (χ1) is 13.0. The smallest absolute Gasteiger partial charge is 0.252 e. The number of nitrogens with zero attached hydrogens (tertiary/aromatic N) is 2. The van der Waals surface area contributed by atoms with Crippen molar-refractivity contribution in [3.8, 4) is 17.0 Å². The second-order valence-corrected chi connectivity index (χ2v) is 7.18. The van der Waals surface area contributed by atoms with E-state index >= 15 is 0 Å². The number of hydrogen-bond acceptors (Lipinski definition) is 5. The van der Waals surface area contributed by atoms with E-state index < -0.39 is 0 Å². The van der Waals surface area contributed by atoms with E-state index in [1.165, 1.54) is 0 Å². The number of carbonyl (C=O) groups excluding carboxylic acids is 1. The van der Waals surface area contributed by atoms with E-state index in [1.807, 2.05) is 6.92 Å². The molecule has 1 saturated carbocycles. The van der Waals surface area contributed by atoms with Gasteiger partial charge in [0.1, 0.15) is 5.75 Å². The number of carbonyl (C=O) groups is 1. The van der Waals surface area contributed by atoms with Crippen molar-refractivity contribution in [2.75, 3.05) is 0 Å². The van der Waals surface area contributed by atoms with Crippen LogP contribution in [0.3, 0.4) is 0 Å². The molecule has 1 aromatic carbocycles. The van der Waals surface area contributed by atoms with Crippen molar-refractivity contribution in [1.82, 2.24) is 20.5 Å². The summed E-state index contributed by atoms with van der Waals surface area (Å²) in [5.41, 5.74) is 9.46. The molecule has 0 unspecified atom stereocenters. The van der Waals surface area contributed by atoms with Crippen LogP contribution in [-0.2, 0) is 0 Å². The van der Waals surface area contributed by atoms with Gasteiger partial charge in [0.25, 0.3) is 5.91 Å². The van der Waals surface area contributed by atoms with Crippen molar-refractivity contribution in [3.05, 3.63) is 41.6 Å². The molecule has 0 bridgehead atoms. The quantitative estimate of drug-likeness (QED) is 0.569. The monoisotopic (exact) mass is 365 g/mol. The Hall–Kier alpha value is -2.93. The summed E-state index contributed by atoms with van der Waals surface area (Å²) in [6, 6.07) is 8.47. The van der Waals surface area contributed by atoms with Gasteiger partial charge in [0.2, 0.25) is 0 Å². The fraction of sp³-hybridized carbons (Fsp3) is 0.350. The third kappa shape index (κ3) is 3.38. The minimum Gasteiger partial charge on any atom is -0.508 e. The molecule has 3 aromatic rings. The molecule has 27 heavy (non-hydrogen) atoms. The Morgan fingerprint density at radius 2 is 2.00 bits per heavy atom. The Morgan fingerprint density at radius 1 is 1.26 bits per heavy atom. The van der Waals surface area contributed by atoms with Gasteiger partial charge in [-0.1, -0.05) is 12.8 Å². The normalized spacial score (nSPS) is 19.9. The highest BCUT2D eigenvalue weighted by Crippen LogP contribution is 2.27. The molecule has 7 heteroatoms.